The van der Waals surface area contributed by atoms with Gasteiger partial charge in [0.05, 0.1) is 6.10 Å². The lowest BCUT2D eigenvalue weighted by Crippen LogP contribution is -2.27. The van der Waals surface area contributed by atoms with Crippen molar-refractivity contribution in [2.45, 2.75) is 32.4 Å². The number of aryl methyl sites for hydroxylation is 1. The van der Waals surface area contributed by atoms with Crippen LogP contribution in [0, 0.1) is 12.9 Å². The number of nitrogens with zero attached hydrogens (tertiary/aromatic N) is 1. The second-order valence-electron chi connectivity index (χ2n) is 3.39. The summed E-state index contributed by atoms with van der Waals surface area (Å²) in [6.45, 7) is 3.49. The number of hydrogen-bond acceptors (Lipinski definition) is 3. The van der Waals surface area contributed by atoms with Gasteiger partial charge in [0.25, 0.3) is 0 Å². The van der Waals surface area contributed by atoms with Crippen LogP contribution < -0.4 is 5.73 Å². The molecule has 4 heteroatoms. The van der Waals surface area contributed by atoms with Crippen molar-refractivity contribution in [3.8, 4) is 0 Å². The average Bonchev–Trinajstić information content (AvgIpc) is 2.20. The molecule has 0 aromatic carbocycles. The summed E-state index contributed by atoms with van der Waals surface area (Å²) < 4.78 is 12.8. The van der Waals surface area contributed by atoms with Crippen LogP contribution >= 0.6 is 0 Å². The first-order chi connectivity index (χ1) is 6.56. The Labute approximate surface area is 82.8 Å². The van der Waals surface area contributed by atoms with Crippen molar-refractivity contribution < 1.29 is 9.50 Å². The van der Waals surface area contributed by atoms with E-state index in [9.17, 15) is 9.50 Å². The van der Waals surface area contributed by atoms with Crippen LogP contribution in [0.25, 0.3) is 0 Å². The molecule has 1 aromatic rings. The summed E-state index contributed by atoms with van der Waals surface area (Å²) in [4.78, 5) is 3.53. The Morgan fingerprint density at radius 3 is 2.79 bits per heavy atom. The molecule has 0 spiro atoms. The number of rotatable bonds is 3. The third-order valence-corrected chi connectivity index (χ3v) is 2.25. The van der Waals surface area contributed by atoms with E-state index in [1.165, 1.54) is 6.20 Å². The fourth-order valence-corrected chi connectivity index (χ4v) is 1.21. The number of pyridine rings is 1. The molecule has 0 unspecified atom stereocenters. The highest BCUT2D eigenvalue weighted by atomic mass is 19.1. The van der Waals surface area contributed by atoms with Crippen LogP contribution in [0.4, 0.5) is 4.39 Å². The van der Waals surface area contributed by atoms with E-state index in [-0.39, 0.29) is 6.04 Å². The summed E-state index contributed by atoms with van der Waals surface area (Å²) >= 11 is 0. The van der Waals surface area contributed by atoms with Gasteiger partial charge in [0.2, 0.25) is 5.95 Å². The van der Waals surface area contributed by atoms with Crippen molar-refractivity contribution in [2.24, 2.45) is 5.73 Å². The smallest absolute Gasteiger partial charge is 0.215 e. The van der Waals surface area contributed by atoms with Crippen LogP contribution in [0.3, 0.4) is 0 Å². The lowest BCUT2D eigenvalue weighted by Gasteiger charge is -2.17. The number of aliphatic hydroxyl groups is 1. The van der Waals surface area contributed by atoms with Gasteiger partial charge in [0.1, 0.15) is 0 Å². The van der Waals surface area contributed by atoms with E-state index in [0.29, 0.717) is 17.5 Å². The Morgan fingerprint density at radius 2 is 2.29 bits per heavy atom. The quantitative estimate of drug-likeness (QED) is 0.720. The maximum absolute atomic E-state index is 12.8. The maximum Gasteiger partial charge on any atom is 0.215 e. The summed E-state index contributed by atoms with van der Waals surface area (Å²) in [6, 6.07) is 1.24. The van der Waals surface area contributed by atoms with Crippen molar-refractivity contribution in [3.63, 3.8) is 0 Å². The maximum atomic E-state index is 12.8. The second kappa shape index (κ2) is 4.48. The third kappa shape index (κ3) is 2.27. The Balaban J connectivity index is 2.91. The number of halogens is 1. The van der Waals surface area contributed by atoms with Crippen LogP contribution in [0.15, 0.2) is 12.3 Å². The lowest BCUT2D eigenvalue weighted by atomic mass is 10.0. The number of hydrogen-bond donors (Lipinski definition) is 2. The average molecular weight is 198 g/mol. The zero-order valence-corrected chi connectivity index (χ0v) is 8.37. The molecule has 0 fully saturated rings. The molecule has 0 saturated heterocycles. The Hall–Kier alpha value is -1.00. The molecule has 78 valence electrons. The largest absolute Gasteiger partial charge is 0.387 e. The zero-order valence-electron chi connectivity index (χ0n) is 8.37. The molecule has 1 heterocycles. The number of aromatic nitrogens is 1. The minimum atomic E-state index is -0.771. The monoisotopic (exact) mass is 198 g/mol. The molecule has 0 saturated carbocycles. The highest BCUT2D eigenvalue weighted by molar-refractivity contribution is 5.21. The first-order valence-electron chi connectivity index (χ1n) is 4.62. The van der Waals surface area contributed by atoms with Gasteiger partial charge in [-0.05, 0) is 19.4 Å². The summed E-state index contributed by atoms with van der Waals surface area (Å²) in [5.74, 6) is -0.508. The molecular weight excluding hydrogens is 183 g/mol. The normalized spacial score (nSPS) is 15.2. The molecule has 0 radical (unpaired) electrons. The van der Waals surface area contributed by atoms with Gasteiger partial charge in [0.15, 0.2) is 0 Å². The van der Waals surface area contributed by atoms with Crippen LogP contribution in [0.1, 0.15) is 30.6 Å². The van der Waals surface area contributed by atoms with Gasteiger partial charge in [-0.3, -0.25) is 0 Å². The van der Waals surface area contributed by atoms with E-state index >= 15 is 0 Å². The van der Waals surface area contributed by atoms with Crippen molar-refractivity contribution >= 4 is 0 Å². The minimum Gasteiger partial charge on any atom is -0.387 e. The molecule has 2 atom stereocenters. The van der Waals surface area contributed by atoms with Gasteiger partial charge in [-0.2, -0.15) is 4.39 Å². The van der Waals surface area contributed by atoms with Crippen molar-refractivity contribution in [3.05, 3.63) is 29.3 Å². The molecular formula is C10H15FN2O. The molecule has 0 amide bonds. The highest BCUT2D eigenvalue weighted by Crippen LogP contribution is 2.18. The van der Waals surface area contributed by atoms with Crippen molar-refractivity contribution in [2.75, 3.05) is 0 Å². The molecule has 0 aliphatic rings. The van der Waals surface area contributed by atoms with Crippen molar-refractivity contribution in [1.29, 1.82) is 0 Å². The van der Waals surface area contributed by atoms with Crippen LogP contribution in [0.5, 0.6) is 0 Å². The summed E-state index contributed by atoms with van der Waals surface area (Å²) in [7, 11) is 0. The standard InChI is InChI=1S/C10H15FN2O/c1-3-8(12)9(14)7-4-6(2)10(11)13-5-7/h4-5,8-9,14H,3,12H2,1-2H3/t8-,9-/m0/s1. The van der Waals surface area contributed by atoms with Gasteiger partial charge in [-0.15, -0.1) is 0 Å². The Bertz CT molecular complexity index is 317. The molecule has 0 bridgehead atoms. The van der Waals surface area contributed by atoms with E-state index in [0.717, 1.165) is 0 Å². The predicted molar refractivity (Wildman–Crippen MR) is 52.2 cm³/mol. The summed E-state index contributed by atoms with van der Waals surface area (Å²) in [6.07, 6.45) is 1.21. The van der Waals surface area contributed by atoms with Gasteiger partial charge >= 0.3 is 0 Å². The van der Waals surface area contributed by atoms with Gasteiger partial charge in [-0.1, -0.05) is 6.92 Å². The summed E-state index contributed by atoms with van der Waals surface area (Å²) in [5.41, 5.74) is 6.65. The third-order valence-electron chi connectivity index (χ3n) is 2.25. The van der Waals surface area contributed by atoms with Crippen LogP contribution in [-0.4, -0.2) is 16.1 Å². The van der Waals surface area contributed by atoms with Crippen LogP contribution in [0.2, 0.25) is 0 Å². The summed E-state index contributed by atoms with van der Waals surface area (Å²) in [5, 5.41) is 9.72. The molecule has 1 aromatic heterocycles. The highest BCUT2D eigenvalue weighted by Gasteiger charge is 2.16. The molecule has 0 aliphatic carbocycles. The molecule has 3 nitrogen and oxygen atoms in total. The fourth-order valence-electron chi connectivity index (χ4n) is 1.21. The molecule has 0 aliphatic heterocycles. The first-order valence-corrected chi connectivity index (χ1v) is 4.62. The number of aliphatic hydroxyl groups excluding tert-OH is 1. The SMILES string of the molecule is CC[C@H](N)[C@@H](O)c1cnc(F)c(C)c1. The first kappa shape index (κ1) is 11.1. The predicted octanol–water partition coefficient (Wildman–Crippen LogP) is 1.30. The van der Waals surface area contributed by atoms with Crippen molar-refractivity contribution in [1.82, 2.24) is 4.98 Å². The topological polar surface area (TPSA) is 59.1 Å². The van der Waals surface area contributed by atoms with E-state index in [4.69, 9.17) is 5.73 Å². The minimum absolute atomic E-state index is 0.332. The number of nitrogens with two attached hydrogens (primary N) is 1. The molecule has 3 N–H and O–H groups in total. The zero-order chi connectivity index (χ0) is 10.7. The Morgan fingerprint density at radius 1 is 1.64 bits per heavy atom. The fraction of sp³-hybridized carbons (Fsp3) is 0.500. The Kier molecular flexibility index (Phi) is 3.55. The van der Waals surface area contributed by atoms with Gasteiger partial charge in [-0.25, -0.2) is 4.98 Å². The second-order valence-corrected chi connectivity index (χ2v) is 3.39. The lowest BCUT2D eigenvalue weighted by molar-refractivity contribution is 0.144. The molecule has 14 heavy (non-hydrogen) atoms. The van der Waals surface area contributed by atoms with Crippen LogP contribution in [-0.2, 0) is 0 Å². The van der Waals surface area contributed by atoms with E-state index in [2.05, 4.69) is 4.98 Å². The molecule has 1 rings (SSSR count). The van der Waals surface area contributed by atoms with E-state index < -0.39 is 12.1 Å². The van der Waals surface area contributed by atoms with E-state index in [1.807, 2.05) is 6.92 Å². The van der Waals surface area contributed by atoms with Gasteiger partial charge in [0, 0.05) is 23.4 Å². The van der Waals surface area contributed by atoms with Gasteiger partial charge < -0.3 is 10.8 Å². The van der Waals surface area contributed by atoms with E-state index in [1.54, 1.807) is 13.0 Å².